The summed E-state index contributed by atoms with van der Waals surface area (Å²) >= 11 is 1.34. The normalized spacial score (nSPS) is 15.4. The Morgan fingerprint density at radius 1 is 1.28 bits per heavy atom. The predicted octanol–water partition coefficient (Wildman–Crippen LogP) is 5.73. The molecule has 1 aliphatic rings. The van der Waals surface area contributed by atoms with Gasteiger partial charge in [0.25, 0.3) is 5.91 Å². The number of carbonyl (C=O) groups is 1. The van der Waals surface area contributed by atoms with E-state index in [9.17, 15) is 23.2 Å². The molecular formula is C25H20F3N5O2S. The Kier molecular flexibility index (Phi) is 5.92. The Morgan fingerprint density at radius 3 is 2.69 bits per heavy atom. The Labute approximate surface area is 208 Å². The van der Waals surface area contributed by atoms with E-state index < -0.39 is 17.8 Å². The van der Waals surface area contributed by atoms with Crippen LogP contribution in [0.4, 0.5) is 18.2 Å². The molecule has 0 spiro atoms. The first-order chi connectivity index (χ1) is 17.2. The third-order valence-corrected chi connectivity index (χ3v) is 7.36. The Hall–Kier alpha value is -3.91. The van der Waals surface area contributed by atoms with Crippen molar-refractivity contribution in [1.29, 1.82) is 5.26 Å². The van der Waals surface area contributed by atoms with Crippen molar-refractivity contribution in [2.45, 2.75) is 32.4 Å². The van der Waals surface area contributed by atoms with Crippen LogP contribution < -0.4 is 10.1 Å². The highest BCUT2D eigenvalue weighted by molar-refractivity contribution is 7.16. The Balaban J connectivity index is 1.53. The van der Waals surface area contributed by atoms with Crippen LogP contribution in [-0.4, -0.2) is 27.6 Å². The van der Waals surface area contributed by atoms with Crippen molar-refractivity contribution in [2.24, 2.45) is 5.92 Å². The molecule has 11 heteroatoms. The van der Waals surface area contributed by atoms with Crippen LogP contribution in [0.5, 0.6) is 5.75 Å². The zero-order valence-electron chi connectivity index (χ0n) is 19.3. The van der Waals surface area contributed by atoms with E-state index in [1.807, 2.05) is 0 Å². The van der Waals surface area contributed by atoms with Crippen molar-refractivity contribution >= 4 is 27.9 Å². The summed E-state index contributed by atoms with van der Waals surface area (Å²) in [5.74, 6) is 0.333. The molecule has 7 nitrogen and oxygen atoms in total. The van der Waals surface area contributed by atoms with Gasteiger partial charge in [0.05, 0.1) is 18.4 Å². The fourth-order valence-corrected chi connectivity index (χ4v) is 5.68. The highest BCUT2D eigenvalue weighted by atomic mass is 32.1. The summed E-state index contributed by atoms with van der Waals surface area (Å²) in [4.78, 5) is 18.4. The second kappa shape index (κ2) is 8.95. The summed E-state index contributed by atoms with van der Waals surface area (Å²) in [6, 6.07) is 10.7. The van der Waals surface area contributed by atoms with Gasteiger partial charge in [0, 0.05) is 16.5 Å². The van der Waals surface area contributed by atoms with Crippen LogP contribution in [-0.2, 0) is 19.0 Å². The SMILES string of the molecule is COc1ccc(-c2cc(C(F)(F)F)n3nc(C(=O)Nc4sc5c(c4C#N)CC[C@@H](C)C5)cc3n2)cc1. The first-order valence-corrected chi connectivity index (χ1v) is 12.0. The maximum atomic E-state index is 13.9. The van der Waals surface area contributed by atoms with E-state index in [1.54, 1.807) is 24.3 Å². The lowest BCUT2D eigenvalue weighted by Gasteiger charge is -2.17. The standard InChI is InChI=1S/C25H20F3N5O2S/c1-13-3-8-16-17(12-29)24(36-20(16)9-13)31-23(34)19-11-22-30-18(14-4-6-15(35-2)7-5-14)10-21(25(26,27)28)33(22)32-19/h4-7,10-11,13H,3,8-9H2,1-2H3,(H,31,34)/t13-/m1/s1. The van der Waals surface area contributed by atoms with Crippen LogP contribution in [0, 0.1) is 17.2 Å². The lowest BCUT2D eigenvalue weighted by Crippen LogP contribution is -2.15. The number of hydrogen-bond donors (Lipinski definition) is 1. The van der Waals surface area contributed by atoms with Crippen molar-refractivity contribution < 1.29 is 22.7 Å². The average Bonchev–Trinajstić information content (AvgIpc) is 3.43. The number of halogens is 3. The lowest BCUT2D eigenvalue weighted by atomic mass is 9.89. The number of benzene rings is 1. The number of nitrogens with one attached hydrogen (secondary N) is 1. The van der Waals surface area contributed by atoms with Gasteiger partial charge in [0.1, 0.15) is 16.8 Å². The van der Waals surface area contributed by atoms with Gasteiger partial charge in [0.2, 0.25) is 0 Å². The molecule has 1 amide bonds. The average molecular weight is 512 g/mol. The Morgan fingerprint density at radius 2 is 2.03 bits per heavy atom. The minimum Gasteiger partial charge on any atom is -0.497 e. The van der Waals surface area contributed by atoms with Crippen molar-refractivity contribution in [3.8, 4) is 23.1 Å². The molecule has 184 valence electrons. The van der Waals surface area contributed by atoms with Crippen LogP contribution in [0.15, 0.2) is 36.4 Å². The molecular weight excluding hydrogens is 491 g/mol. The molecule has 0 fully saturated rings. The number of carbonyl (C=O) groups excluding carboxylic acids is 1. The lowest BCUT2D eigenvalue weighted by molar-refractivity contribution is -0.142. The van der Waals surface area contributed by atoms with E-state index in [1.165, 1.54) is 24.5 Å². The number of alkyl halides is 3. The van der Waals surface area contributed by atoms with E-state index in [-0.39, 0.29) is 17.0 Å². The number of anilines is 1. The zero-order valence-corrected chi connectivity index (χ0v) is 20.1. The van der Waals surface area contributed by atoms with Crippen molar-refractivity contribution in [3.63, 3.8) is 0 Å². The third kappa shape index (κ3) is 4.28. The summed E-state index contributed by atoms with van der Waals surface area (Å²) in [5.41, 5.74) is 0.468. The number of hydrogen-bond acceptors (Lipinski definition) is 6. The molecule has 4 aromatic rings. The number of thiophene rings is 1. The van der Waals surface area contributed by atoms with Gasteiger partial charge in [-0.2, -0.15) is 23.5 Å². The van der Waals surface area contributed by atoms with Gasteiger partial charge >= 0.3 is 6.18 Å². The van der Waals surface area contributed by atoms with Crippen LogP contribution in [0.3, 0.4) is 0 Å². The molecule has 0 saturated carbocycles. The van der Waals surface area contributed by atoms with Gasteiger partial charge in [-0.3, -0.25) is 4.79 Å². The van der Waals surface area contributed by atoms with Crippen LogP contribution in [0.2, 0.25) is 0 Å². The van der Waals surface area contributed by atoms with Crippen LogP contribution in [0.1, 0.15) is 45.5 Å². The highest BCUT2D eigenvalue weighted by Gasteiger charge is 2.36. The third-order valence-electron chi connectivity index (χ3n) is 6.19. The molecule has 0 bridgehead atoms. The van der Waals surface area contributed by atoms with Gasteiger partial charge in [0.15, 0.2) is 17.0 Å². The fourth-order valence-electron chi connectivity index (χ4n) is 4.32. The zero-order chi connectivity index (χ0) is 25.6. The number of methoxy groups -OCH3 is 1. The molecule has 0 unspecified atom stereocenters. The predicted molar refractivity (Wildman–Crippen MR) is 128 cm³/mol. The highest BCUT2D eigenvalue weighted by Crippen LogP contribution is 2.39. The van der Waals surface area contributed by atoms with E-state index in [2.05, 4.69) is 28.4 Å². The number of fused-ring (bicyclic) bond motifs is 2. The second-order valence-corrected chi connectivity index (χ2v) is 9.78. The molecule has 5 rings (SSSR count). The molecule has 0 aliphatic heterocycles. The molecule has 3 heterocycles. The monoisotopic (exact) mass is 511 g/mol. The number of nitrogens with zero attached hydrogens (tertiary/aromatic N) is 4. The number of nitriles is 1. The summed E-state index contributed by atoms with van der Waals surface area (Å²) in [6.45, 7) is 2.13. The molecule has 1 atom stereocenters. The molecule has 0 saturated heterocycles. The van der Waals surface area contributed by atoms with E-state index in [0.29, 0.717) is 32.3 Å². The minimum atomic E-state index is -4.74. The Bertz CT molecular complexity index is 1520. The summed E-state index contributed by atoms with van der Waals surface area (Å²) < 4.78 is 47.4. The number of aromatic nitrogens is 3. The quantitative estimate of drug-likeness (QED) is 0.378. The topological polar surface area (TPSA) is 92.3 Å². The van der Waals surface area contributed by atoms with Crippen LogP contribution >= 0.6 is 11.3 Å². The van der Waals surface area contributed by atoms with E-state index in [4.69, 9.17) is 4.74 Å². The van der Waals surface area contributed by atoms with Crippen molar-refractivity contribution in [3.05, 3.63) is 63.8 Å². The largest absolute Gasteiger partial charge is 0.497 e. The number of ether oxygens (including phenoxy) is 1. The van der Waals surface area contributed by atoms with E-state index >= 15 is 0 Å². The van der Waals surface area contributed by atoms with Crippen molar-refractivity contribution in [2.75, 3.05) is 12.4 Å². The molecule has 1 aliphatic carbocycles. The number of amides is 1. The summed E-state index contributed by atoms with van der Waals surface area (Å²) in [7, 11) is 1.49. The second-order valence-electron chi connectivity index (χ2n) is 8.67. The van der Waals surface area contributed by atoms with Gasteiger partial charge in [-0.1, -0.05) is 6.92 Å². The fraction of sp³-hybridized carbons (Fsp3) is 0.280. The summed E-state index contributed by atoms with van der Waals surface area (Å²) in [5, 5.41) is 16.7. The van der Waals surface area contributed by atoms with Gasteiger partial charge < -0.3 is 10.1 Å². The molecule has 0 radical (unpaired) electrons. The first kappa shape index (κ1) is 23.8. The molecule has 3 aromatic heterocycles. The van der Waals surface area contributed by atoms with E-state index in [0.717, 1.165) is 35.8 Å². The molecule has 1 N–H and O–H groups in total. The maximum Gasteiger partial charge on any atom is 0.433 e. The summed E-state index contributed by atoms with van der Waals surface area (Å²) in [6.07, 6.45) is -2.20. The maximum absolute atomic E-state index is 13.9. The first-order valence-electron chi connectivity index (χ1n) is 11.2. The molecule has 36 heavy (non-hydrogen) atoms. The van der Waals surface area contributed by atoms with Crippen molar-refractivity contribution in [1.82, 2.24) is 14.6 Å². The molecule has 1 aromatic carbocycles. The van der Waals surface area contributed by atoms with Crippen LogP contribution in [0.25, 0.3) is 16.9 Å². The van der Waals surface area contributed by atoms with Gasteiger partial charge in [-0.15, -0.1) is 11.3 Å². The smallest absolute Gasteiger partial charge is 0.433 e. The van der Waals surface area contributed by atoms with Gasteiger partial charge in [-0.05, 0) is 61.1 Å². The van der Waals surface area contributed by atoms with Gasteiger partial charge in [-0.25, -0.2) is 9.50 Å². The minimum absolute atomic E-state index is 0.0798. The number of rotatable bonds is 4.